The summed E-state index contributed by atoms with van der Waals surface area (Å²) < 4.78 is 10.4. The van der Waals surface area contributed by atoms with E-state index in [0.29, 0.717) is 24.2 Å². The number of hydrogen-bond donors (Lipinski definition) is 3. The molecule has 2 rings (SSSR count). The van der Waals surface area contributed by atoms with Crippen LogP contribution in [0.25, 0.3) is 0 Å². The van der Waals surface area contributed by atoms with E-state index in [0.717, 1.165) is 11.3 Å². The zero-order chi connectivity index (χ0) is 19.1. The van der Waals surface area contributed by atoms with Crippen molar-refractivity contribution in [3.05, 3.63) is 41.2 Å². The number of urea groups is 1. The van der Waals surface area contributed by atoms with Gasteiger partial charge in [-0.05, 0) is 51.3 Å². The number of carbonyl (C=O) groups excluding carboxylic acids is 2. The second-order valence-electron chi connectivity index (χ2n) is 6.34. The number of rotatable bonds is 6. The second-order valence-corrected chi connectivity index (χ2v) is 6.34. The summed E-state index contributed by atoms with van der Waals surface area (Å²) in [6.07, 6.45) is 1.21. The van der Waals surface area contributed by atoms with E-state index in [1.807, 2.05) is 38.1 Å². The van der Waals surface area contributed by atoms with E-state index in [2.05, 4.69) is 16.0 Å². The van der Waals surface area contributed by atoms with Gasteiger partial charge in [-0.15, -0.1) is 0 Å². The molecule has 0 radical (unpaired) electrons. The molecule has 1 atom stereocenters. The molecule has 0 aliphatic carbocycles. The van der Waals surface area contributed by atoms with Crippen molar-refractivity contribution in [2.45, 2.75) is 45.7 Å². The molecule has 26 heavy (non-hydrogen) atoms. The van der Waals surface area contributed by atoms with Gasteiger partial charge in [-0.25, -0.2) is 9.59 Å². The van der Waals surface area contributed by atoms with E-state index in [4.69, 9.17) is 9.47 Å². The molecule has 1 aromatic rings. The standard InChI is InChI=1S/C19H27N3O4/c1-5-26-18(23)15-9-10-16(13-7-6-8-14(11-13)25-4)21-17(15)22-19(24)20-12(2)3/h6-8,11-12,16,21H,5,9-10H2,1-4H3,(H2,20,22,24)/t16-/m1/s1. The van der Waals surface area contributed by atoms with Crippen molar-refractivity contribution in [1.82, 2.24) is 16.0 Å². The highest BCUT2D eigenvalue weighted by atomic mass is 16.5. The Morgan fingerprint density at radius 2 is 2.12 bits per heavy atom. The molecule has 0 fully saturated rings. The van der Waals surface area contributed by atoms with Crippen LogP contribution in [0.5, 0.6) is 5.75 Å². The highest BCUT2D eigenvalue weighted by Gasteiger charge is 2.27. The molecule has 7 nitrogen and oxygen atoms in total. The maximum atomic E-state index is 12.2. The molecule has 0 spiro atoms. The van der Waals surface area contributed by atoms with Crippen molar-refractivity contribution in [1.29, 1.82) is 0 Å². The van der Waals surface area contributed by atoms with Crippen LogP contribution in [0.4, 0.5) is 4.79 Å². The van der Waals surface area contributed by atoms with E-state index in [1.165, 1.54) is 0 Å². The Bertz CT molecular complexity index is 685. The number of carbonyl (C=O) groups is 2. The first-order valence-electron chi connectivity index (χ1n) is 8.82. The third-order valence-electron chi connectivity index (χ3n) is 3.98. The van der Waals surface area contributed by atoms with Crippen LogP contribution >= 0.6 is 0 Å². The molecule has 1 aliphatic rings. The lowest BCUT2D eigenvalue weighted by Crippen LogP contribution is -2.45. The van der Waals surface area contributed by atoms with Gasteiger partial charge in [-0.3, -0.25) is 5.32 Å². The molecule has 1 aliphatic heterocycles. The Hall–Kier alpha value is -2.70. The average molecular weight is 361 g/mol. The van der Waals surface area contributed by atoms with E-state index in [-0.39, 0.29) is 24.7 Å². The van der Waals surface area contributed by atoms with Gasteiger partial charge in [-0.1, -0.05) is 12.1 Å². The molecule has 3 N–H and O–H groups in total. The quantitative estimate of drug-likeness (QED) is 0.678. The highest BCUT2D eigenvalue weighted by Crippen LogP contribution is 2.29. The fourth-order valence-electron chi connectivity index (χ4n) is 2.80. The van der Waals surface area contributed by atoms with Gasteiger partial charge >= 0.3 is 12.0 Å². The Balaban J connectivity index is 2.24. The summed E-state index contributed by atoms with van der Waals surface area (Å²) >= 11 is 0. The van der Waals surface area contributed by atoms with E-state index in [1.54, 1.807) is 14.0 Å². The molecule has 0 aromatic heterocycles. The van der Waals surface area contributed by atoms with Crippen LogP contribution in [-0.4, -0.2) is 31.8 Å². The SMILES string of the molecule is CCOC(=O)C1=C(NC(=O)NC(C)C)N[C@@H](c2cccc(OC)c2)CC1. The first-order valence-corrected chi connectivity index (χ1v) is 8.82. The Labute approximate surface area is 154 Å². The van der Waals surface area contributed by atoms with Gasteiger partial charge in [0.2, 0.25) is 0 Å². The number of nitrogens with one attached hydrogen (secondary N) is 3. The van der Waals surface area contributed by atoms with Gasteiger partial charge in [0.05, 0.1) is 25.3 Å². The lowest BCUT2D eigenvalue weighted by molar-refractivity contribution is -0.138. The predicted octanol–water partition coefficient (Wildman–Crippen LogP) is 2.60. The van der Waals surface area contributed by atoms with Crippen LogP contribution in [0.15, 0.2) is 35.7 Å². The molecule has 1 heterocycles. The number of ether oxygens (including phenoxy) is 2. The summed E-state index contributed by atoms with van der Waals surface area (Å²) in [4.78, 5) is 24.4. The lowest BCUT2D eigenvalue weighted by atomic mass is 9.95. The van der Waals surface area contributed by atoms with Gasteiger partial charge in [0.15, 0.2) is 0 Å². The highest BCUT2D eigenvalue weighted by molar-refractivity contribution is 5.90. The maximum Gasteiger partial charge on any atom is 0.337 e. The lowest BCUT2D eigenvalue weighted by Gasteiger charge is -2.29. The first-order chi connectivity index (χ1) is 12.4. The Morgan fingerprint density at radius 3 is 2.77 bits per heavy atom. The summed E-state index contributed by atoms with van der Waals surface area (Å²) in [5, 5.41) is 8.78. The van der Waals surface area contributed by atoms with Gasteiger partial charge in [-0.2, -0.15) is 0 Å². The van der Waals surface area contributed by atoms with Crippen molar-refractivity contribution >= 4 is 12.0 Å². The molecule has 2 amide bonds. The largest absolute Gasteiger partial charge is 0.497 e. The van der Waals surface area contributed by atoms with Gasteiger partial charge in [0.1, 0.15) is 11.6 Å². The van der Waals surface area contributed by atoms with Crippen molar-refractivity contribution in [3.63, 3.8) is 0 Å². The smallest absolute Gasteiger partial charge is 0.337 e. The zero-order valence-corrected chi connectivity index (χ0v) is 15.7. The van der Waals surface area contributed by atoms with E-state index >= 15 is 0 Å². The molecule has 1 aromatic carbocycles. The minimum absolute atomic E-state index is 0.0144. The van der Waals surface area contributed by atoms with Crippen LogP contribution in [0, 0.1) is 0 Å². The number of hydrogen-bond acceptors (Lipinski definition) is 5. The van der Waals surface area contributed by atoms with Crippen molar-refractivity contribution < 1.29 is 19.1 Å². The molecule has 142 valence electrons. The molecule has 7 heteroatoms. The zero-order valence-electron chi connectivity index (χ0n) is 15.7. The Morgan fingerprint density at radius 1 is 1.35 bits per heavy atom. The first kappa shape index (κ1) is 19.6. The average Bonchev–Trinajstić information content (AvgIpc) is 2.61. The van der Waals surface area contributed by atoms with Crippen LogP contribution in [0.1, 0.15) is 45.2 Å². The van der Waals surface area contributed by atoms with Crippen molar-refractivity contribution in [2.75, 3.05) is 13.7 Å². The normalized spacial score (nSPS) is 16.7. The fraction of sp³-hybridized carbons (Fsp3) is 0.474. The number of methoxy groups -OCH3 is 1. The van der Waals surface area contributed by atoms with Gasteiger partial charge < -0.3 is 20.1 Å². The summed E-state index contributed by atoms with van der Waals surface area (Å²) in [6.45, 7) is 5.78. The van der Waals surface area contributed by atoms with Gasteiger partial charge in [0.25, 0.3) is 0 Å². The molecular weight excluding hydrogens is 334 g/mol. The van der Waals surface area contributed by atoms with Crippen molar-refractivity contribution in [2.24, 2.45) is 0 Å². The summed E-state index contributed by atoms with van der Waals surface area (Å²) in [5.41, 5.74) is 1.47. The van der Waals surface area contributed by atoms with Crippen LogP contribution in [0.3, 0.4) is 0 Å². The molecule has 0 unspecified atom stereocenters. The molecular formula is C19H27N3O4. The van der Waals surface area contributed by atoms with E-state index < -0.39 is 5.97 Å². The third kappa shape index (κ3) is 5.15. The molecule has 0 saturated carbocycles. The van der Waals surface area contributed by atoms with Crippen LogP contribution < -0.4 is 20.7 Å². The summed E-state index contributed by atoms with van der Waals surface area (Å²) in [6, 6.07) is 7.30. The minimum atomic E-state index is -0.413. The third-order valence-corrected chi connectivity index (χ3v) is 3.98. The number of amides is 2. The monoisotopic (exact) mass is 361 g/mol. The topological polar surface area (TPSA) is 88.7 Å². The fourth-order valence-corrected chi connectivity index (χ4v) is 2.80. The second kappa shape index (κ2) is 9.12. The predicted molar refractivity (Wildman–Crippen MR) is 98.6 cm³/mol. The summed E-state index contributed by atoms with van der Waals surface area (Å²) in [7, 11) is 1.62. The maximum absolute atomic E-state index is 12.2. The van der Waals surface area contributed by atoms with Crippen molar-refractivity contribution in [3.8, 4) is 5.75 Å². The minimum Gasteiger partial charge on any atom is -0.497 e. The van der Waals surface area contributed by atoms with Crippen LogP contribution in [0.2, 0.25) is 0 Å². The number of esters is 1. The van der Waals surface area contributed by atoms with Crippen LogP contribution in [-0.2, 0) is 9.53 Å². The molecule has 0 saturated heterocycles. The molecule has 0 bridgehead atoms. The number of benzene rings is 1. The summed E-state index contributed by atoms with van der Waals surface area (Å²) in [5.74, 6) is 0.737. The Kier molecular flexibility index (Phi) is 6.89. The van der Waals surface area contributed by atoms with Gasteiger partial charge in [0, 0.05) is 6.04 Å². The van der Waals surface area contributed by atoms with E-state index in [9.17, 15) is 9.59 Å².